The summed E-state index contributed by atoms with van der Waals surface area (Å²) in [7, 11) is 0. The van der Waals surface area contributed by atoms with Gasteiger partial charge in [-0.3, -0.25) is 9.59 Å². The summed E-state index contributed by atoms with van der Waals surface area (Å²) in [6.45, 7) is 1.95. The summed E-state index contributed by atoms with van der Waals surface area (Å²) in [6.07, 6.45) is 0.0793. The monoisotopic (exact) mass is 341 g/mol. The van der Waals surface area contributed by atoms with E-state index in [2.05, 4.69) is 15.6 Å². The summed E-state index contributed by atoms with van der Waals surface area (Å²) < 4.78 is 18.8. The van der Waals surface area contributed by atoms with Gasteiger partial charge in [-0.15, -0.1) is 0 Å². The second-order valence-corrected chi connectivity index (χ2v) is 5.49. The second kappa shape index (κ2) is 7.12. The largest absolute Gasteiger partial charge is 0.448 e. The third-order valence-electron chi connectivity index (χ3n) is 3.51. The highest BCUT2D eigenvalue weighted by molar-refractivity contribution is 5.96. The Bertz CT molecular complexity index is 936. The predicted octanol–water partition coefficient (Wildman–Crippen LogP) is 3.03. The minimum absolute atomic E-state index is 0.000795. The number of amides is 2. The molecule has 0 saturated heterocycles. The number of para-hydroxylation sites is 1. The number of nitrogens with one attached hydrogen (secondary N) is 2. The molecule has 2 N–H and O–H groups in total. The van der Waals surface area contributed by atoms with E-state index in [4.69, 9.17) is 4.42 Å². The molecule has 2 heterocycles. The van der Waals surface area contributed by atoms with E-state index in [0.29, 0.717) is 11.2 Å². The molecule has 0 aliphatic rings. The number of pyridine rings is 1. The molecule has 2 aromatic heterocycles. The van der Waals surface area contributed by atoms with Crippen molar-refractivity contribution in [1.82, 2.24) is 10.3 Å². The van der Waals surface area contributed by atoms with Crippen molar-refractivity contribution in [2.24, 2.45) is 0 Å². The normalized spacial score (nSPS) is 10.6. The van der Waals surface area contributed by atoms with Crippen molar-refractivity contribution >= 4 is 28.6 Å². The van der Waals surface area contributed by atoms with E-state index in [0.717, 1.165) is 5.69 Å². The number of carbonyl (C=O) groups is 2. The number of anilines is 1. The topological polar surface area (TPSA) is 84.2 Å². The fraction of sp³-hybridized carbons (Fsp3) is 0.167. The lowest BCUT2D eigenvalue weighted by Gasteiger charge is -2.05. The molecule has 0 aliphatic carbocycles. The summed E-state index contributed by atoms with van der Waals surface area (Å²) in [5.74, 6) is -0.836. The first-order valence-electron chi connectivity index (χ1n) is 7.73. The van der Waals surface area contributed by atoms with E-state index >= 15 is 0 Å². The SMILES string of the molecule is Cc1cccc(NC(=O)CCNC(=O)c2cc3cccc(F)c3o2)n1. The van der Waals surface area contributed by atoms with Crippen molar-refractivity contribution < 1.29 is 18.4 Å². The minimum Gasteiger partial charge on any atom is -0.448 e. The minimum atomic E-state index is -0.526. The van der Waals surface area contributed by atoms with Gasteiger partial charge in [-0.25, -0.2) is 9.37 Å². The lowest BCUT2D eigenvalue weighted by Crippen LogP contribution is -2.27. The summed E-state index contributed by atoms with van der Waals surface area (Å²) in [4.78, 5) is 28.1. The van der Waals surface area contributed by atoms with Crippen LogP contribution in [0.15, 0.2) is 46.9 Å². The van der Waals surface area contributed by atoms with Gasteiger partial charge in [0.2, 0.25) is 5.91 Å². The van der Waals surface area contributed by atoms with Crippen LogP contribution in [0.1, 0.15) is 22.7 Å². The number of rotatable bonds is 5. The smallest absolute Gasteiger partial charge is 0.287 e. The Labute approximate surface area is 143 Å². The highest BCUT2D eigenvalue weighted by Gasteiger charge is 2.14. The molecule has 1 aromatic carbocycles. The van der Waals surface area contributed by atoms with E-state index in [-0.39, 0.29) is 30.2 Å². The van der Waals surface area contributed by atoms with Gasteiger partial charge >= 0.3 is 0 Å². The van der Waals surface area contributed by atoms with Crippen molar-refractivity contribution in [3.05, 3.63) is 59.7 Å². The Hall–Kier alpha value is -3.22. The van der Waals surface area contributed by atoms with Crippen LogP contribution in [0.4, 0.5) is 10.2 Å². The molecule has 0 spiro atoms. The molecular formula is C18H16FN3O3. The molecule has 25 heavy (non-hydrogen) atoms. The maximum absolute atomic E-state index is 13.6. The number of furan rings is 1. The quantitative estimate of drug-likeness (QED) is 0.747. The molecule has 6 nitrogen and oxygen atoms in total. The molecule has 0 unspecified atom stereocenters. The van der Waals surface area contributed by atoms with Crippen molar-refractivity contribution in [3.8, 4) is 0 Å². The van der Waals surface area contributed by atoms with Gasteiger partial charge < -0.3 is 15.1 Å². The molecule has 7 heteroatoms. The number of hydrogen-bond acceptors (Lipinski definition) is 4. The van der Waals surface area contributed by atoms with Crippen LogP contribution in [0.2, 0.25) is 0 Å². The molecule has 0 radical (unpaired) electrons. The van der Waals surface area contributed by atoms with Crippen LogP contribution < -0.4 is 10.6 Å². The number of nitrogens with zero attached hydrogens (tertiary/aromatic N) is 1. The zero-order chi connectivity index (χ0) is 17.8. The lowest BCUT2D eigenvalue weighted by molar-refractivity contribution is -0.116. The molecular weight excluding hydrogens is 325 g/mol. The predicted molar refractivity (Wildman–Crippen MR) is 90.7 cm³/mol. The number of aryl methyl sites for hydroxylation is 1. The maximum Gasteiger partial charge on any atom is 0.287 e. The van der Waals surface area contributed by atoms with Crippen LogP contribution in [0.3, 0.4) is 0 Å². The van der Waals surface area contributed by atoms with Crippen LogP contribution in [0.5, 0.6) is 0 Å². The Kier molecular flexibility index (Phi) is 4.74. The molecule has 0 fully saturated rings. The third kappa shape index (κ3) is 4.00. The van der Waals surface area contributed by atoms with Crippen LogP contribution in [0.25, 0.3) is 11.0 Å². The second-order valence-electron chi connectivity index (χ2n) is 5.49. The molecule has 0 saturated carbocycles. The molecule has 3 aromatic rings. The number of aromatic nitrogens is 1. The van der Waals surface area contributed by atoms with Gasteiger partial charge in [-0.2, -0.15) is 0 Å². The average Bonchev–Trinajstić information content (AvgIpc) is 3.00. The zero-order valence-corrected chi connectivity index (χ0v) is 13.5. The standard InChI is InChI=1S/C18H16FN3O3/c1-11-4-2-7-15(21-11)22-16(23)8-9-20-18(24)14-10-12-5-3-6-13(19)17(12)25-14/h2-7,10H,8-9H2,1H3,(H,20,24)(H,21,22,23). The Morgan fingerprint density at radius 2 is 2.00 bits per heavy atom. The maximum atomic E-state index is 13.6. The molecule has 0 aliphatic heterocycles. The number of benzene rings is 1. The van der Waals surface area contributed by atoms with E-state index in [1.165, 1.54) is 12.1 Å². The molecule has 128 valence electrons. The van der Waals surface area contributed by atoms with E-state index in [1.54, 1.807) is 24.3 Å². The number of halogens is 1. The fourth-order valence-electron chi connectivity index (χ4n) is 2.33. The molecule has 2 amide bonds. The van der Waals surface area contributed by atoms with Crippen LogP contribution in [-0.2, 0) is 4.79 Å². The summed E-state index contributed by atoms with van der Waals surface area (Å²) in [6, 6.07) is 11.2. The summed E-state index contributed by atoms with van der Waals surface area (Å²) in [5.41, 5.74) is 0.833. The number of carbonyl (C=O) groups excluding carboxylic acids is 2. The van der Waals surface area contributed by atoms with Gasteiger partial charge in [0, 0.05) is 24.0 Å². The van der Waals surface area contributed by atoms with Crippen LogP contribution >= 0.6 is 0 Å². The highest BCUT2D eigenvalue weighted by Crippen LogP contribution is 2.21. The Balaban J connectivity index is 1.53. The molecule has 0 atom stereocenters. The van der Waals surface area contributed by atoms with Crippen LogP contribution in [-0.4, -0.2) is 23.3 Å². The highest BCUT2D eigenvalue weighted by atomic mass is 19.1. The Morgan fingerprint density at radius 3 is 2.76 bits per heavy atom. The van der Waals surface area contributed by atoms with Gasteiger partial charge in [-0.05, 0) is 31.2 Å². The zero-order valence-electron chi connectivity index (χ0n) is 13.5. The van der Waals surface area contributed by atoms with Crippen molar-refractivity contribution in [1.29, 1.82) is 0 Å². The first-order valence-corrected chi connectivity index (χ1v) is 7.73. The van der Waals surface area contributed by atoms with Crippen molar-refractivity contribution in [3.63, 3.8) is 0 Å². The van der Waals surface area contributed by atoms with Gasteiger partial charge in [0.05, 0.1) is 0 Å². The van der Waals surface area contributed by atoms with Gasteiger partial charge in [-0.1, -0.05) is 18.2 Å². The van der Waals surface area contributed by atoms with Crippen LogP contribution in [0, 0.1) is 12.7 Å². The van der Waals surface area contributed by atoms with E-state index in [1.807, 2.05) is 13.0 Å². The van der Waals surface area contributed by atoms with Gasteiger partial charge in [0.15, 0.2) is 17.2 Å². The van der Waals surface area contributed by atoms with Gasteiger partial charge in [0.25, 0.3) is 5.91 Å². The van der Waals surface area contributed by atoms with E-state index in [9.17, 15) is 14.0 Å². The molecule has 0 bridgehead atoms. The number of hydrogen-bond donors (Lipinski definition) is 2. The van der Waals surface area contributed by atoms with Crippen molar-refractivity contribution in [2.45, 2.75) is 13.3 Å². The summed E-state index contributed by atoms with van der Waals surface area (Å²) in [5, 5.41) is 5.73. The lowest BCUT2D eigenvalue weighted by atomic mass is 10.2. The molecule has 3 rings (SSSR count). The number of fused-ring (bicyclic) bond motifs is 1. The van der Waals surface area contributed by atoms with E-state index < -0.39 is 11.7 Å². The Morgan fingerprint density at radius 1 is 1.20 bits per heavy atom. The first kappa shape index (κ1) is 16.6. The first-order chi connectivity index (χ1) is 12.0. The van der Waals surface area contributed by atoms with Crippen molar-refractivity contribution in [2.75, 3.05) is 11.9 Å². The average molecular weight is 341 g/mol. The summed E-state index contributed by atoms with van der Waals surface area (Å²) >= 11 is 0. The van der Waals surface area contributed by atoms with Gasteiger partial charge in [0.1, 0.15) is 5.82 Å². The third-order valence-corrected chi connectivity index (χ3v) is 3.51. The fourth-order valence-corrected chi connectivity index (χ4v) is 2.33.